The summed E-state index contributed by atoms with van der Waals surface area (Å²) in [5.74, 6) is 0. The average molecular weight is 304 g/mol. The molecule has 0 heterocycles. The smallest absolute Gasteiger partial charge is 0.0450 e. The van der Waals surface area contributed by atoms with Crippen LogP contribution in [0.4, 0.5) is 29.2 Å². The van der Waals surface area contributed by atoms with Gasteiger partial charge in [0, 0.05) is 15.1 Å². The van der Waals surface area contributed by atoms with Crippen molar-refractivity contribution >= 4 is 34.2 Å². The quantitative estimate of drug-likeness (QED) is 0.430. The van der Waals surface area contributed by atoms with Crippen LogP contribution in [-0.2, 0) is 0 Å². The molecule has 0 aliphatic carbocycles. The van der Waals surface area contributed by atoms with Gasteiger partial charge in [0.15, 0.2) is 0 Å². The molecule has 0 unspecified atom stereocenters. The van der Waals surface area contributed by atoms with Crippen LogP contribution in [0.2, 0.25) is 0 Å². The van der Waals surface area contributed by atoms with Gasteiger partial charge in [0.25, 0.3) is 0 Å². The second-order valence-electron chi connectivity index (χ2n) is 1.70. The minimum Gasteiger partial charge on any atom is -0.398 e. The topological polar surface area (TPSA) is 26.0 Å². The Morgan fingerprint density at radius 2 is 1.43 bits per heavy atom. The summed E-state index contributed by atoms with van der Waals surface area (Å²) < 4.78 is 1.00. The Morgan fingerprint density at radius 1 is 1.00 bits per heavy atom. The minimum atomic E-state index is 0. The van der Waals surface area contributed by atoms with Gasteiger partial charge in [-0.3, -0.25) is 23.5 Å². The molecule has 1 nitrogen and oxygen atoms in total. The zero-order valence-corrected chi connectivity index (χ0v) is 9.16. The molecule has 0 amide bonds. The maximum atomic E-state index is 5.49. The van der Waals surface area contributed by atoms with Gasteiger partial charge in [-0.05, 0) is 18.2 Å². The zero-order valence-electron chi connectivity index (χ0n) is 6.68. The van der Waals surface area contributed by atoms with Gasteiger partial charge in [0.2, 0.25) is 0 Å². The fourth-order valence-electron chi connectivity index (χ4n) is 0.517. The first-order chi connectivity index (χ1) is 4.20. The van der Waals surface area contributed by atoms with E-state index in [1.807, 2.05) is 18.2 Å². The van der Waals surface area contributed by atoms with Crippen LogP contribution in [0.5, 0.6) is 0 Å². The molecule has 14 heavy (non-hydrogen) atoms. The average Bonchev–Trinajstić information content (AvgIpc) is 1.80. The van der Waals surface area contributed by atoms with E-state index in [1.54, 1.807) is 0 Å². The van der Waals surface area contributed by atoms with Crippen LogP contribution >= 0.6 is 28.6 Å². The molecule has 0 bridgehead atoms. The standard InChI is InChI=1S/C6H6BrNS.5FH/c7-4-1-2-5(8)6(9)3-4;;;;;/h1-3,9H,8H2;5*1H. The number of anilines is 1. The molecule has 88 valence electrons. The fourth-order valence-corrected chi connectivity index (χ4v) is 1.27. The van der Waals surface area contributed by atoms with Gasteiger partial charge in [-0.15, -0.1) is 12.6 Å². The number of thiol groups is 1. The van der Waals surface area contributed by atoms with Gasteiger partial charge in [-0.25, -0.2) is 0 Å². The highest BCUT2D eigenvalue weighted by Crippen LogP contribution is 2.20. The van der Waals surface area contributed by atoms with Crippen molar-refractivity contribution in [2.24, 2.45) is 0 Å². The third-order valence-electron chi connectivity index (χ3n) is 0.992. The summed E-state index contributed by atoms with van der Waals surface area (Å²) in [4.78, 5) is 0.810. The lowest BCUT2D eigenvalue weighted by Crippen LogP contribution is -1.84. The van der Waals surface area contributed by atoms with Crippen molar-refractivity contribution < 1.29 is 23.5 Å². The van der Waals surface area contributed by atoms with E-state index >= 15 is 0 Å². The highest BCUT2D eigenvalue weighted by molar-refractivity contribution is 9.10. The van der Waals surface area contributed by atoms with Crippen molar-refractivity contribution in [1.82, 2.24) is 0 Å². The van der Waals surface area contributed by atoms with E-state index in [1.165, 1.54) is 0 Å². The number of benzene rings is 1. The van der Waals surface area contributed by atoms with Crippen molar-refractivity contribution in [2.75, 3.05) is 5.73 Å². The molecular formula is C6H11BrF5NS. The summed E-state index contributed by atoms with van der Waals surface area (Å²) in [7, 11) is 0. The number of nitrogen functional groups attached to an aromatic ring is 1. The van der Waals surface area contributed by atoms with E-state index in [0.717, 1.165) is 9.37 Å². The van der Waals surface area contributed by atoms with E-state index < -0.39 is 0 Å². The summed E-state index contributed by atoms with van der Waals surface area (Å²) in [5, 5.41) is 0. The van der Waals surface area contributed by atoms with Crippen molar-refractivity contribution in [3.05, 3.63) is 22.7 Å². The van der Waals surface area contributed by atoms with Gasteiger partial charge in [-0.2, -0.15) is 0 Å². The van der Waals surface area contributed by atoms with E-state index in [-0.39, 0.29) is 23.5 Å². The molecule has 0 atom stereocenters. The summed E-state index contributed by atoms with van der Waals surface area (Å²) >= 11 is 7.40. The Labute approximate surface area is 91.4 Å². The normalized spacial score (nSPS) is 6.14. The Kier molecular flexibility index (Phi) is 26.1. The van der Waals surface area contributed by atoms with Crippen LogP contribution in [-0.4, -0.2) is 0 Å². The molecule has 0 saturated carbocycles. The number of hydrogen-bond acceptors (Lipinski definition) is 2. The van der Waals surface area contributed by atoms with Gasteiger partial charge >= 0.3 is 0 Å². The largest absolute Gasteiger partial charge is 0.398 e. The second kappa shape index (κ2) is 12.5. The fraction of sp³-hybridized carbons (Fsp3) is 0. The molecule has 1 aromatic carbocycles. The molecule has 2 N–H and O–H groups in total. The summed E-state index contributed by atoms with van der Waals surface area (Å²) in [5.41, 5.74) is 6.20. The molecular weight excluding hydrogens is 293 g/mol. The molecule has 8 heteroatoms. The van der Waals surface area contributed by atoms with Gasteiger partial charge in [-0.1, -0.05) is 15.9 Å². The van der Waals surface area contributed by atoms with Gasteiger partial charge < -0.3 is 5.73 Å². The Hall–Kier alpha value is -0.500. The predicted molar refractivity (Wildman–Crippen MR) is 58.3 cm³/mol. The first kappa shape index (κ1) is 29.2. The second-order valence-corrected chi connectivity index (χ2v) is 3.10. The highest BCUT2D eigenvalue weighted by atomic mass is 79.9. The molecule has 1 rings (SSSR count). The molecule has 0 aromatic heterocycles. The van der Waals surface area contributed by atoms with Crippen LogP contribution in [0.3, 0.4) is 0 Å². The van der Waals surface area contributed by atoms with Crippen molar-refractivity contribution in [3.8, 4) is 0 Å². The van der Waals surface area contributed by atoms with Crippen LogP contribution in [0, 0.1) is 0 Å². The lowest BCUT2D eigenvalue weighted by Gasteiger charge is -1.96. The Balaban J connectivity index is -0.0000000540. The first-order valence-electron chi connectivity index (χ1n) is 2.44. The van der Waals surface area contributed by atoms with E-state index in [2.05, 4.69) is 28.6 Å². The number of nitrogens with two attached hydrogens (primary N) is 1. The monoisotopic (exact) mass is 303 g/mol. The third kappa shape index (κ3) is 8.11. The zero-order chi connectivity index (χ0) is 6.85. The van der Waals surface area contributed by atoms with Crippen LogP contribution in [0.1, 0.15) is 0 Å². The molecule has 0 aliphatic rings. The number of hydrogen-bond donors (Lipinski definition) is 2. The van der Waals surface area contributed by atoms with Crippen LogP contribution in [0.25, 0.3) is 0 Å². The molecule has 1 aromatic rings. The van der Waals surface area contributed by atoms with E-state index in [0.29, 0.717) is 5.69 Å². The Bertz CT molecular complexity index is 237. The summed E-state index contributed by atoms with van der Waals surface area (Å²) in [6.45, 7) is 0. The number of rotatable bonds is 0. The van der Waals surface area contributed by atoms with Gasteiger partial charge in [0.1, 0.15) is 0 Å². The predicted octanol–water partition coefficient (Wildman–Crippen LogP) is 3.08. The minimum absolute atomic E-state index is 0. The van der Waals surface area contributed by atoms with Crippen LogP contribution < -0.4 is 5.73 Å². The van der Waals surface area contributed by atoms with Crippen molar-refractivity contribution in [3.63, 3.8) is 0 Å². The summed E-state index contributed by atoms with van der Waals surface area (Å²) in [6.07, 6.45) is 0. The van der Waals surface area contributed by atoms with E-state index in [9.17, 15) is 0 Å². The molecule has 0 spiro atoms. The lowest BCUT2D eigenvalue weighted by molar-refractivity contribution is 1.11. The molecule has 0 saturated heterocycles. The maximum Gasteiger partial charge on any atom is 0.0450 e. The molecule has 0 fully saturated rings. The van der Waals surface area contributed by atoms with E-state index in [4.69, 9.17) is 5.73 Å². The van der Waals surface area contributed by atoms with Crippen molar-refractivity contribution in [1.29, 1.82) is 0 Å². The summed E-state index contributed by atoms with van der Waals surface area (Å²) in [6, 6.07) is 5.56. The lowest BCUT2D eigenvalue weighted by atomic mass is 10.3. The van der Waals surface area contributed by atoms with Crippen molar-refractivity contribution in [2.45, 2.75) is 4.90 Å². The maximum absolute atomic E-state index is 5.49. The third-order valence-corrected chi connectivity index (χ3v) is 1.87. The van der Waals surface area contributed by atoms with Gasteiger partial charge in [0.05, 0.1) is 0 Å². The molecule has 0 aliphatic heterocycles. The number of halogens is 6. The molecule has 0 radical (unpaired) electrons. The SMILES string of the molecule is F.F.F.F.F.Nc1ccc(Br)cc1S. The Morgan fingerprint density at radius 3 is 1.71 bits per heavy atom. The first-order valence-corrected chi connectivity index (χ1v) is 3.68. The highest BCUT2D eigenvalue weighted by Gasteiger charge is 1.91. The van der Waals surface area contributed by atoms with Crippen LogP contribution in [0.15, 0.2) is 27.6 Å².